The van der Waals surface area contributed by atoms with E-state index in [-0.39, 0.29) is 10.7 Å². The third-order valence-corrected chi connectivity index (χ3v) is 3.81. The largest absolute Gasteiger partial charge is 0.444 e. The molecule has 0 spiro atoms. The topological polar surface area (TPSA) is 114 Å². The quantitative estimate of drug-likeness (QED) is 0.572. The molecule has 0 aromatic rings. The normalized spacial score (nSPS) is 14.3. The number of nitrogens with two attached hydrogens (primary N) is 1. The number of carbonyl (C=O) groups excluding carboxylic acids is 1. The van der Waals surface area contributed by atoms with Crippen LogP contribution in [0.25, 0.3) is 0 Å². The lowest BCUT2D eigenvalue weighted by Crippen LogP contribution is -2.39. The number of aliphatic imine (C=N–C) groups is 1. The zero-order valence-electron chi connectivity index (χ0n) is 12.6. The van der Waals surface area contributed by atoms with E-state index in [1.807, 2.05) is 0 Å². The van der Waals surface area contributed by atoms with Gasteiger partial charge in [-0.1, -0.05) is 0 Å². The number of alkyl carbamates (subject to hydrolysis) is 1. The van der Waals surface area contributed by atoms with Crippen LogP contribution < -0.4 is 11.1 Å². The summed E-state index contributed by atoms with van der Waals surface area (Å²) in [6, 6.07) is 0. The molecule has 3 N–H and O–H groups in total. The van der Waals surface area contributed by atoms with Gasteiger partial charge in [-0.2, -0.15) is 0 Å². The molecule has 9 heteroatoms. The fourth-order valence-corrected chi connectivity index (χ4v) is 2.10. The zero-order valence-corrected chi connectivity index (χ0v) is 13.4. The Bertz CT molecular complexity index is 515. The molecule has 0 heterocycles. The van der Waals surface area contributed by atoms with Crippen molar-refractivity contribution in [3.05, 3.63) is 11.9 Å². The highest BCUT2D eigenvalue weighted by molar-refractivity contribution is 8.04. The summed E-state index contributed by atoms with van der Waals surface area (Å²) in [6.45, 7) is 5.05. The van der Waals surface area contributed by atoms with Crippen molar-refractivity contribution in [1.29, 1.82) is 0 Å². The lowest BCUT2D eigenvalue weighted by molar-refractivity contribution is 0.0549. The van der Waals surface area contributed by atoms with Crippen LogP contribution in [0.3, 0.4) is 0 Å². The third-order valence-electron chi connectivity index (χ3n) is 1.96. The van der Waals surface area contributed by atoms with E-state index >= 15 is 0 Å². The highest BCUT2D eigenvalue weighted by Gasteiger charge is 2.27. The summed E-state index contributed by atoms with van der Waals surface area (Å²) in [5, 5.41) is 1.92. The van der Waals surface area contributed by atoms with E-state index in [0.717, 1.165) is 10.5 Å². The molecule has 1 amide bonds. The molecule has 0 fully saturated rings. The molecule has 0 unspecified atom stereocenters. The molecule has 20 heavy (non-hydrogen) atoms. The number of nitrogens with zero attached hydrogens (tertiary/aromatic N) is 2. The minimum absolute atomic E-state index is 0.143. The van der Waals surface area contributed by atoms with Crippen LogP contribution in [0, 0.1) is 0 Å². The molecule has 0 aliphatic heterocycles. The minimum atomic E-state index is -3.82. The van der Waals surface area contributed by atoms with E-state index in [0.29, 0.717) is 0 Å². The highest BCUT2D eigenvalue weighted by atomic mass is 32.2. The Labute approximate surface area is 119 Å². The Kier molecular flexibility index (Phi) is 6.17. The Morgan fingerprint density at radius 2 is 1.85 bits per heavy atom. The smallest absolute Gasteiger partial charge is 0.412 e. The molecule has 116 valence electrons. The maximum atomic E-state index is 12.0. The van der Waals surface area contributed by atoms with Gasteiger partial charge < -0.3 is 10.5 Å². The van der Waals surface area contributed by atoms with Crippen LogP contribution in [0.2, 0.25) is 0 Å². The number of nitrogens with one attached hydrogen (secondary N) is 1. The van der Waals surface area contributed by atoms with Crippen molar-refractivity contribution >= 4 is 21.2 Å². The summed E-state index contributed by atoms with van der Waals surface area (Å²) in [7, 11) is 0.162. The molecule has 0 aromatic carbocycles. The van der Waals surface area contributed by atoms with Crippen LogP contribution in [0.15, 0.2) is 16.9 Å². The summed E-state index contributed by atoms with van der Waals surface area (Å²) in [6.07, 6.45) is 0.136. The van der Waals surface area contributed by atoms with Gasteiger partial charge in [-0.25, -0.2) is 17.5 Å². The van der Waals surface area contributed by atoms with E-state index in [1.54, 1.807) is 20.8 Å². The SMILES string of the molecule is CN=C(C(=CN)NC(=O)OC(C)(C)C)S(=O)(=O)N(C)C. The van der Waals surface area contributed by atoms with Gasteiger partial charge in [0.2, 0.25) is 0 Å². The first-order chi connectivity index (χ1) is 8.95. The van der Waals surface area contributed by atoms with Gasteiger partial charge in [0.05, 0.1) is 5.70 Å². The van der Waals surface area contributed by atoms with Crippen LogP contribution in [-0.2, 0) is 14.8 Å². The van der Waals surface area contributed by atoms with Crippen LogP contribution in [0.1, 0.15) is 20.8 Å². The molecule has 0 rings (SSSR count). The van der Waals surface area contributed by atoms with Crippen molar-refractivity contribution in [3.8, 4) is 0 Å². The zero-order chi connectivity index (χ0) is 16.1. The van der Waals surface area contributed by atoms with Gasteiger partial charge >= 0.3 is 6.09 Å². The van der Waals surface area contributed by atoms with E-state index in [9.17, 15) is 13.2 Å². The average molecular weight is 306 g/mol. The number of rotatable bonds is 3. The molecule has 0 aromatic heterocycles. The molecule has 0 aliphatic rings. The summed E-state index contributed by atoms with van der Waals surface area (Å²) < 4.78 is 30.1. The van der Waals surface area contributed by atoms with Crippen molar-refractivity contribution in [3.63, 3.8) is 0 Å². The number of hydrogen-bond donors (Lipinski definition) is 2. The summed E-state index contributed by atoms with van der Waals surface area (Å²) in [5.41, 5.74) is 4.50. The van der Waals surface area contributed by atoms with Gasteiger partial charge in [0, 0.05) is 27.3 Å². The molecule has 0 radical (unpaired) electrons. The second-order valence-corrected chi connectivity index (χ2v) is 7.09. The van der Waals surface area contributed by atoms with E-state index in [4.69, 9.17) is 10.5 Å². The number of amides is 1. The van der Waals surface area contributed by atoms with Crippen molar-refractivity contribution < 1.29 is 17.9 Å². The third kappa shape index (κ3) is 5.17. The van der Waals surface area contributed by atoms with Crippen LogP contribution in [-0.4, -0.2) is 50.6 Å². The molecule has 0 aliphatic carbocycles. The van der Waals surface area contributed by atoms with E-state index < -0.39 is 21.7 Å². The summed E-state index contributed by atoms with van der Waals surface area (Å²) in [4.78, 5) is 15.3. The van der Waals surface area contributed by atoms with Gasteiger partial charge in [-0.3, -0.25) is 10.3 Å². The second-order valence-electron chi connectivity index (χ2n) is 5.02. The maximum Gasteiger partial charge on any atom is 0.412 e. The predicted octanol–water partition coefficient (Wildman–Crippen LogP) is 0.231. The fraction of sp³-hybridized carbons (Fsp3) is 0.636. The van der Waals surface area contributed by atoms with Gasteiger partial charge in [0.15, 0.2) is 5.04 Å². The lowest BCUT2D eigenvalue weighted by atomic mass is 10.2. The first kappa shape index (κ1) is 18.4. The molecule has 0 atom stereocenters. The van der Waals surface area contributed by atoms with Crippen LogP contribution >= 0.6 is 0 Å². The Morgan fingerprint density at radius 1 is 1.35 bits per heavy atom. The Balaban J connectivity index is 5.27. The maximum absolute atomic E-state index is 12.0. The van der Waals surface area contributed by atoms with Crippen molar-refractivity contribution in [2.45, 2.75) is 26.4 Å². The second kappa shape index (κ2) is 6.71. The van der Waals surface area contributed by atoms with Crippen LogP contribution in [0.4, 0.5) is 4.79 Å². The fourth-order valence-electron chi connectivity index (χ4n) is 1.13. The van der Waals surface area contributed by atoms with Crippen molar-refractivity contribution in [1.82, 2.24) is 9.62 Å². The van der Waals surface area contributed by atoms with Gasteiger partial charge in [0.1, 0.15) is 5.60 Å². The summed E-state index contributed by atoms with van der Waals surface area (Å²) >= 11 is 0. The monoisotopic (exact) mass is 306 g/mol. The van der Waals surface area contributed by atoms with Gasteiger partial charge in [-0.15, -0.1) is 0 Å². The predicted molar refractivity (Wildman–Crippen MR) is 77.6 cm³/mol. The van der Waals surface area contributed by atoms with Gasteiger partial charge in [0.25, 0.3) is 10.0 Å². The molecule has 8 nitrogen and oxygen atoms in total. The molecule has 0 saturated carbocycles. The van der Waals surface area contributed by atoms with E-state index in [2.05, 4.69) is 10.3 Å². The minimum Gasteiger partial charge on any atom is -0.444 e. The van der Waals surface area contributed by atoms with E-state index in [1.165, 1.54) is 21.1 Å². The molecular weight excluding hydrogens is 284 g/mol. The number of hydrogen-bond acceptors (Lipinski definition) is 6. The average Bonchev–Trinajstić information content (AvgIpc) is 2.25. The lowest BCUT2D eigenvalue weighted by Gasteiger charge is -2.21. The summed E-state index contributed by atoms with van der Waals surface area (Å²) in [5.74, 6) is 0. The highest BCUT2D eigenvalue weighted by Crippen LogP contribution is 2.09. The standard InChI is InChI=1S/C11H22N4O4S/c1-11(2,3)19-10(16)14-8(7-12)9(13-4)20(17,18)15(5)6/h7H,12H2,1-6H3,(H,14,16). The molecular formula is C11H22N4O4S. The Hall–Kier alpha value is -1.61. The van der Waals surface area contributed by atoms with Crippen LogP contribution in [0.5, 0.6) is 0 Å². The van der Waals surface area contributed by atoms with Crippen molar-refractivity contribution in [2.75, 3.05) is 21.1 Å². The first-order valence-corrected chi connectivity index (χ1v) is 7.21. The number of ether oxygens (including phenoxy) is 1. The number of carbonyl (C=O) groups is 1. The first-order valence-electron chi connectivity index (χ1n) is 5.77. The molecule has 0 saturated heterocycles. The van der Waals surface area contributed by atoms with Crippen molar-refractivity contribution in [2.24, 2.45) is 10.7 Å². The van der Waals surface area contributed by atoms with Gasteiger partial charge in [-0.05, 0) is 20.8 Å². The number of sulfonamides is 1. The molecule has 0 bridgehead atoms. The Morgan fingerprint density at radius 3 is 2.15 bits per heavy atom.